The number of carbonyl (C=O) groups excluding carboxylic acids is 1. The fourth-order valence-corrected chi connectivity index (χ4v) is 1.75. The van der Waals surface area contributed by atoms with E-state index in [-0.39, 0.29) is 6.61 Å². The Hall–Kier alpha value is -2.39. The molecule has 1 heterocycles. The molecule has 0 saturated heterocycles. The molecular weight excluding hydrogens is 337 g/mol. The molecule has 0 bridgehead atoms. The first kappa shape index (κ1) is 17.0. The van der Waals surface area contributed by atoms with Crippen LogP contribution in [-0.2, 0) is 17.5 Å². The Morgan fingerprint density at radius 1 is 1.30 bits per heavy atom. The molecule has 1 aromatic carbocycles. The van der Waals surface area contributed by atoms with Crippen LogP contribution < -0.4 is 11.3 Å². The largest absolute Gasteiger partial charge is 0.457 e. The predicted molar refractivity (Wildman–Crippen MR) is 75.4 cm³/mol. The van der Waals surface area contributed by atoms with Crippen molar-refractivity contribution in [3.05, 3.63) is 52.3 Å². The van der Waals surface area contributed by atoms with Crippen LogP contribution in [0.4, 0.5) is 19.1 Å². The number of rotatable bonds is 4. The molecule has 2 rings (SSSR count). The number of benzene rings is 1. The lowest BCUT2D eigenvalue weighted by atomic mass is 10.2. The maximum atomic E-state index is 13.0. The first-order valence-electron chi connectivity index (χ1n) is 6.13. The fourth-order valence-electron chi connectivity index (χ4n) is 1.62. The highest BCUT2D eigenvalue weighted by Gasteiger charge is 2.38. The Kier molecular flexibility index (Phi) is 5.02. The summed E-state index contributed by atoms with van der Waals surface area (Å²) in [6.45, 7) is -0.218. The Labute approximate surface area is 133 Å². The van der Waals surface area contributed by atoms with Gasteiger partial charge in [0.15, 0.2) is 5.69 Å². The molecule has 0 aliphatic rings. The molecule has 10 heteroatoms. The fraction of sp³-hybridized carbons (Fsp3) is 0.154. The summed E-state index contributed by atoms with van der Waals surface area (Å²) in [6, 6.07) is 6.30. The quantitative estimate of drug-likeness (QED) is 0.502. The van der Waals surface area contributed by atoms with Crippen molar-refractivity contribution < 1.29 is 22.7 Å². The van der Waals surface area contributed by atoms with Gasteiger partial charge < -0.3 is 4.74 Å². The lowest BCUT2D eigenvalue weighted by Crippen LogP contribution is -2.20. The monoisotopic (exact) mass is 346 g/mol. The number of anilines is 1. The normalized spacial score (nSPS) is 11.2. The number of aromatic nitrogens is 2. The number of nitrogen functional groups attached to an aromatic ring is 1. The molecule has 0 radical (unpaired) electrons. The molecule has 0 spiro atoms. The summed E-state index contributed by atoms with van der Waals surface area (Å²) in [4.78, 5) is 18.5. The minimum absolute atomic E-state index is 0.218. The third-order valence-electron chi connectivity index (χ3n) is 2.69. The Morgan fingerprint density at radius 2 is 1.96 bits per heavy atom. The molecule has 6 nitrogen and oxygen atoms in total. The van der Waals surface area contributed by atoms with Gasteiger partial charge in [0.2, 0.25) is 5.95 Å². The van der Waals surface area contributed by atoms with E-state index in [0.29, 0.717) is 16.8 Å². The second kappa shape index (κ2) is 6.80. The van der Waals surface area contributed by atoms with Crippen LogP contribution in [0.1, 0.15) is 21.6 Å². The van der Waals surface area contributed by atoms with Gasteiger partial charge in [0.05, 0.1) is 0 Å². The summed E-state index contributed by atoms with van der Waals surface area (Å²) in [6.07, 6.45) is -4.15. The number of hydrogen-bond donors (Lipinski definition) is 2. The van der Waals surface area contributed by atoms with Gasteiger partial charge in [-0.05, 0) is 17.7 Å². The average molecular weight is 347 g/mol. The van der Waals surface area contributed by atoms with Gasteiger partial charge in [-0.25, -0.2) is 20.6 Å². The van der Waals surface area contributed by atoms with Crippen LogP contribution >= 0.6 is 11.6 Å². The van der Waals surface area contributed by atoms with Gasteiger partial charge in [-0.1, -0.05) is 23.7 Å². The van der Waals surface area contributed by atoms with Crippen molar-refractivity contribution >= 4 is 23.5 Å². The van der Waals surface area contributed by atoms with Gasteiger partial charge in [-0.2, -0.15) is 13.2 Å². The summed E-state index contributed by atoms with van der Waals surface area (Å²) in [5.41, 5.74) is 0.219. The molecule has 0 amide bonds. The topological polar surface area (TPSA) is 90.1 Å². The summed E-state index contributed by atoms with van der Waals surface area (Å²) in [7, 11) is 0. The number of ether oxygens (including phenoxy) is 1. The predicted octanol–water partition coefficient (Wildman–Crippen LogP) is 2.79. The lowest BCUT2D eigenvalue weighted by Gasteiger charge is -2.12. The van der Waals surface area contributed by atoms with Crippen LogP contribution in [-0.4, -0.2) is 15.9 Å². The molecule has 0 atom stereocenters. The number of hydrazine groups is 1. The molecule has 23 heavy (non-hydrogen) atoms. The van der Waals surface area contributed by atoms with E-state index in [1.807, 2.05) is 5.43 Å². The summed E-state index contributed by atoms with van der Waals surface area (Å²) in [5, 5.41) is 0.484. The van der Waals surface area contributed by atoms with Crippen molar-refractivity contribution in [2.45, 2.75) is 12.8 Å². The molecule has 1 aromatic heterocycles. The standard InChI is InChI=1S/C13H10ClF3N4O2/c14-8-3-1-7(2-4-8)6-23-11(22)9-5-19-12(21-18)20-10(9)13(15,16)17/h1-5H,6,18H2,(H,19,20,21). The third-order valence-corrected chi connectivity index (χ3v) is 2.94. The molecule has 0 fully saturated rings. The molecule has 0 unspecified atom stereocenters. The molecule has 0 aliphatic carbocycles. The molecule has 0 aliphatic heterocycles. The zero-order chi connectivity index (χ0) is 17.0. The van der Waals surface area contributed by atoms with Crippen LogP contribution in [0.15, 0.2) is 30.5 Å². The van der Waals surface area contributed by atoms with Gasteiger partial charge in [0.1, 0.15) is 12.2 Å². The van der Waals surface area contributed by atoms with E-state index in [9.17, 15) is 18.0 Å². The highest BCUT2D eigenvalue weighted by molar-refractivity contribution is 6.30. The lowest BCUT2D eigenvalue weighted by molar-refractivity contribution is -0.141. The Bertz CT molecular complexity index is 707. The number of hydrogen-bond acceptors (Lipinski definition) is 6. The van der Waals surface area contributed by atoms with Crippen molar-refractivity contribution in [1.82, 2.24) is 9.97 Å². The number of esters is 1. The molecular formula is C13H10ClF3N4O2. The number of halogens is 4. The SMILES string of the molecule is NNc1ncc(C(=O)OCc2ccc(Cl)cc2)c(C(F)(F)F)n1. The second-order valence-corrected chi connectivity index (χ2v) is 4.74. The van der Waals surface area contributed by atoms with Crippen molar-refractivity contribution in [2.24, 2.45) is 5.84 Å². The number of alkyl halides is 3. The van der Waals surface area contributed by atoms with Crippen molar-refractivity contribution in [3.8, 4) is 0 Å². The van der Waals surface area contributed by atoms with Crippen molar-refractivity contribution in [3.63, 3.8) is 0 Å². The minimum atomic E-state index is -4.86. The maximum absolute atomic E-state index is 13.0. The van der Waals surface area contributed by atoms with E-state index in [1.54, 1.807) is 24.3 Å². The Balaban J connectivity index is 2.20. The molecule has 0 saturated carbocycles. The summed E-state index contributed by atoms with van der Waals surface area (Å²) < 4.78 is 43.7. The van der Waals surface area contributed by atoms with Gasteiger partial charge in [-0.3, -0.25) is 5.43 Å². The van der Waals surface area contributed by atoms with Crippen LogP contribution in [0.2, 0.25) is 5.02 Å². The van der Waals surface area contributed by atoms with Crippen molar-refractivity contribution in [2.75, 3.05) is 5.43 Å². The third kappa shape index (κ3) is 4.30. The van der Waals surface area contributed by atoms with Gasteiger partial charge in [0.25, 0.3) is 0 Å². The van der Waals surface area contributed by atoms with E-state index in [4.69, 9.17) is 22.2 Å². The van der Waals surface area contributed by atoms with E-state index in [0.717, 1.165) is 0 Å². The van der Waals surface area contributed by atoms with Crippen LogP contribution in [0.5, 0.6) is 0 Å². The van der Waals surface area contributed by atoms with Gasteiger partial charge in [-0.15, -0.1) is 0 Å². The first-order valence-corrected chi connectivity index (χ1v) is 6.51. The summed E-state index contributed by atoms with van der Waals surface area (Å²) in [5.74, 6) is 3.30. The summed E-state index contributed by atoms with van der Waals surface area (Å²) >= 11 is 5.70. The highest BCUT2D eigenvalue weighted by atomic mass is 35.5. The number of nitrogens with two attached hydrogens (primary N) is 1. The number of nitrogens with one attached hydrogen (secondary N) is 1. The minimum Gasteiger partial charge on any atom is -0.457 e. The van der Waals surface area contributed by atoms with Crippen LogP contribution in [0.3, 0.4) is 0 Å². The van der Waals surface area contributed by atoms with E-state index in [1.165, 1.54) is 0 Å². The average Bonchev–Trinajstić information content (AvgIpc) is 2.52. The van der Waals surface area contributed by atoms with Crippen LogP contribution in [0, 0.1) is 0 Å². The number of nitrogens with zero attached hydrogens (tertiary/aromatic N) is 2. The van der Waals surface area contributed by atoms with Crippen molar-refractivity contribution in [1.29, 1.82) is 0 Å². The zero-order valence-corrected chi connectivity index (χ0v) is 12.1. The van der Waals surface area contributed by atoms with Gasteiger partial charge in [0, 0.05) is 11.2 Å². The first-order chi connectivity index (χ1) is 10.8. The Morgan fingerprint density at radius 3 is 2.52 bits per heavy atom. The molecule has 122 valence electrons. The van der Waals surface area contributed by atoms with Gasteiger partial charge >= 0.3 is 12.1 Å². The van der Waals surface area contributed by atoms with Crippen LogP contribution in [0.25, 0.3) is 0 Å². The van der Waals surface area contributed by atoms with E-state index >= 15 is 0 Å². The highest BCUT2D eigenvalue weighted by Crippen LogP contribution is 2.31. The molecule has 3 N–H and O–H groups in total. The maximum Gasteiger partial charge on any atom is 0.434 e. The molecule has 2 aromatic rings. The second-order valence-electron chi connectivity index (χ2n) is 4.30. The number of carbonyl (C=O) groups is 1. The van der Waals surface area contributed by atoms with E-state index in [2.05, 4.69) is 9.97 Å². The zero-order valence-electron chi connectivity index (χ0n) is 11.4. The van der Waals surface area contributed by atoms with E-state index < -0.39 is 29.4 Å². The smallest absolute Gasteiger partial charge is 0.434 e.